The molecular formula is C12H14S2. The summed E-state index contributed by atoms with van der Waals surface area (Å²) in [4.78, 5) is 1.43. The van der Waals surface area contributed by atoms with Crippen LogP contribution in [-0.2, 0) is 6.42 Å². The van der Waals surface area contributed by atoms with Gasteiger partial charge in [-0.05, 0) is 53.6 Å². The Kier molecular flexibility index (Phi) is 2.84. The van der Waals surface area contributed by atoms with Gasteiger partial charge < -0.3 is 0 Å². The summed E-state index contributed by atoms with van der Waals surface area (Å²) in [7, 11) is 0. The molecule has 0 saturated heterocycles. The number of thioether (sulfide) groups is 1. The predicted octanol–water partition coefficient (Wildman–Crippen LogP) is 4.49. The van der Waals surface area contributed by atoms with E-state index in [1.54, 1.807) is 0 Å². The summed E-state index contributed by atoms with van der Waals surface area (Å²) in [6, 6.07) is 4.59. The second-order valence-corrected chi connectivity index (χ2v) is 5.14. The Labute approximate surface area is 93.3 Å². The predicted molar refractivity (Wildman–Crippen MR) is 67.7 cm³/mol. The van der Waals surface area contributed by atoms with Crippen molar-refractivity contribution in [2.75, 3.05) is 6.26 Å². The fourth-order valence-electron chi connectivity index (χ4n) is 1.82. The second-order valence-electron chi connectivity index (χ2n) is 3.38. The van der Waals surface area contributed by atoms with E-state index in [9.17, 15) is 0 Å². The number of fused-ring (bicyclic) bond motifs is 1. The van der Waals surface area contributed by atoms with Crippen molar-refractivity contribution >= 4 is 33.2 Å². The van der Waals surface area contributed by atoms with Crippen LogP contribution in [0, 0.1) is 6.92 Å². The van der Waals surface area contributed by atoms with E-state index in [1.165, 1.54) is 26.1 Å². The van der Waals surface area contributed by atoms with Gasteiger partial charge in [0.25, 0.3) is 0 Å². The molecule has 0 N–H and O–H groups in total. The smallest absolute Gasteiger partial charge is 0.0481 e. The maximum atomic E-state index is 2.35. The zero-order valence-electron chi connectivity index (χ0n) is 8.76. The number of hydrogen-bond acceptors (Lipinski definition) is 2. The van der Waals surface area contributed by atoms with E-state index in [2.05, 4.69) is 37.6 Å². The van der Waals surface area contributed by atoms with Gasteiger partial charge in [-0.2, -0.15) is 0 Å². The second kappa shape index (κ2) is 3.95. The van der Waals surface area contributed by atoms with Crippen molar-refractivity contribution < 1.29 is 0 Å². The van der Waals surface area contributed by atoms with Crippen LogP contribution in [-0.4, -0.2) is 6.26 Å². The van der Waals surface area contributed by atoms with E-state index in [4.69, 9.17) is 0 Å². The van der Waals surface area contributed by atoms with E-state index in [1.807, 2.05) is 23.1 Å². The Morgan fingerprint density at radius 3 is 2.86 bits per heavy atom. The van der Waals surface area contributed by atoms with E-state index in [-0.39, 0.29) is 0 Å². The first kappa shape index (κ1) is 10.1. The molecule has 0 fully saturated rings. The summed E-state index contributed by atoms with van der Waals surface area (Å²) >= 11 is 3.70. The van der Waals surface area contributed by atoms with Crippen molar-refractivity contribution in [3.8, 4) is 0 Å². The van der Waals surface area contributed by atoms with Crippen LogP contribution < -0.4 is 0 Å². The summed E-state index contributed by atoms with van der Waals surface area (Å²) in [5, 5.41) is 3.63. The van der Waals surface area contributed by atoms with Crippen LogP contribution in [0.5, 0.6) is 0 Å². The monoisotopic (exact) mass is 222 g/mol. The van der Waals surface area contributed by atoms with Gasteiger partial charge in [-0.25, -0.2) is 0 Å². The molecule has 1 aromatic carbocycles. The van der Waals surface area contributed by atoms with E-state index in [0.29, 0.717) is 0 Å². The van der Waals surface area contributed by atoms with Crippen LogP contribution in [0.25, 0.3) is 10.1 Å². The van der Waals surface area contributed by atoms with Crippen molar-refractivity contribution in [2.45, 2.75) is 25.2 Å². The highest BCUT2D eigenvalue weighted by Gasteiger charge is 2.08. The van der Waals surface area contributed by atoms with Crippen LogP contribution in [0.15, 0.2) is 22.4 Å². The number of thiophene rings is 1. The normalized spacial score (nSPS) is 11.1. The number of aryl methyl sites for hydroxylation is 2. The lowest BCUT2D eigenvalue weighted by molar-refractivity contribution is 1.11. The molecule has 74 valence electrons. The van der Waals surface area contributed by atoms with Crippen molar-refractivity contribution in [2.24, 2.45) is 0 Å². The van der Waals surface area contributed by atoms with Crippen molar-refractivity contribution in [3.05, 3.63) is 28.6 Å². The van der Waals surface area contributed by atoms with Crippen molar-refractivity contribution in [3.63, 3.8) is 0 Å². The number of benzene rings is 1. The molecular weight excluding hydrogens is 208 g/mol. The molecule has 0 atom stereocenters. The molecule has 2 rings (SSSR count). The van der Waals surface area contributed by atoms with Gasteiger partial charge in [0, 0.05) is 9.60 Å². The van der Waals surface area contributed by atoms with Gasteiger partial charge in [-0.3, -0.25) is 0 Å². The summed E-state index contributed by atoms with van der Waals surface area (Å²) in [5.74, 6) is 0. The lowest BCUT2D eigenvalue weighted by Crippen LogP contribution is -1.88. The molecule has 0 nitrogen and oxygen atoms in total. The highest BCUT2D eigenvalue weighted by atomic mass is 32.2. The number of rotatable bonds is 2. The molecule has 0 bridgehead atoms. The average molecular weight is 222 g/mol. The molecule has 0 aliphatic carbocycles. The Morgan fingerprint density at radius 1 is 1.43 bits per heavy atom. The third-order valence-corrected chi connectivity index (χ3v) is 4.52. The maximum absolute atomic E-state index is 2.35. The fourth-order valence-corrected chi connectivity index (χ4v) is 3.63. The molecule has 0 saturated carbocycles. The molecule has 0 aliphatic heterocycles. The Hall–Kier alpha value is -0.470. The van der Waals surface area contributed by atoms with Gasteiger partial charge in [0.1, 0.15) is 0 Å². The standard InChI is InChI=1S/C12H14S2/c1-4-9-7-11(13-3)12-10(8(9)2)5-6-14-12/h5-7H,4H2,1-3H3. The van der Waals surface area contributed by atoms with E-state index in [0.717, 1.165) is 6.42 Å². The summed E-state index contributed by atoms with van der Waals surface area (Å²) in [5.41, 5.74) is 2.95. The highest BCUT2D eigenvalue weighted by molar-refractivity contribution is 7.99. The summed E-state index contributed by atoms with van der Waals surface area (Å²) in [6.45, 7) is 4.46. The van der Waals surface area contributed by atoms with Gasteiger partial charge in [0.2, 0.25) is 0 Å². The minimum absolute atomic E-state index is 1.13. The molecule has 0 unspecified atom stereocenters. The molecule has 14 heavy (non-hydrogen) atoms. The molecule has 0 spiro atoms. The third kappa shape index (κ3) is 1.47. The Bertz CT molecular complexity index is 455. The van der Waals surface area contributed by atoms with Gasteiger partial charge in [0.15, 0.2) is 0 Å². The van der Waals surface area contributed by atoms with Crippen LogP contribution in [0.3, 0.4) is 0 Å². The minimum atomic E-state index is 1.13. The first-order valence-corrected chi connectivity index (χ1v) is 6.92. The Balaban J connectivity index is 2.80. The van der Waals surface area contributed by atoms with Gasteiger partial charge in [-0.1, -0.05) is 6.92 Å². The van der Waals surface area contributed by atoms with Gasteiger partial charge in [0.05, 0.1) is 0 Å². The highest BCUT2D eigenvalue weighted by Crippen LogP contribution is 2.35. The average Bonchev–Trinajstić information content (AvgIpc) is 2.68. The zero-order valence-corrected chi connectivity index (χ0v) is 10.4. The van der Waals surface area contributed by atoms with E-state index < -0.39 is 0 Å². The minimum Gasteiger partial charge on any atom is -0.143 e. The molecule has 1 aromatic heterocycles. The molecule has 0 aliphatic rings. The maximum Gasteiger partial charge on any atom is 0.0481 e. The fraction of sp³-hybridized carbons (Fsp3) is 0.333. The first-order valence-electron chi connectivity index (χ1n) is 4.81. The van der Waals surface area contributed by atoms with Crippen LogP contribution in [0.1, 0.15) is 18.1 Å². The van der Waals surface area contributed by atoms with Gasteiger partial charge >= 0.3 is 0 Å². The molecule has 2 heteroatoms. The molecule has 2 aromatic rings. The molecule has 0 radical (unpaired) electrons. The third-order valence-electron chi connectivity index (χ3n) is 2.68. The SMILES string of the molecule is CCc1cc(SC)c2sccc2c1C. The lowest BCUT2D eigenvalue weighted by atomic mass is 10.0. The van der Waals surface area contributed by atoms with Crippen LogP contribution in [0.4, 0.5) is 0 Å². The first-order chi connectivity index (χ1) is 6.77. The topological polar surface area (TPSA) is 0 Å². The van der Waals surface area contributed by atoms with Crippen LogP contribution in [0.2, 0.25) is 0 Å². The lowest BCUT2D eigenvalue weighted by Gasteiger charge is -2.08. The molecule has 1 heterocycles. The van der Waals surface area contributed by atoms with Crippen molar-refractivity contribution in [1.29, 1.82) is 0 Å². The number of hydrogen-bond donors (Lipinski definition) is 0. The van der Waals surface area contributed by atoms with Crippen LogP contribution >= 0.6 is 23.1 Å². The largest absolute Gasteiger partial charge is 0.143 e. The van der Waals surface area contributed by atoms with Crippen molar-refractivity contribution in [1.82, 2.24) is 0 Å². The summed E-state index contributed by atoms with van der Waals surface area (Å²) in [6.07, 6.45) is 3.29. The van der Waals surface area contributed by atoms with Gasteiger partial charge in [-0.15, -0.1) is 23.1 Å². The summed E-state index contributed by atoms with van der Waals surface area (Å²) < 4.78 is 1.45. The molecule has 0 amide bonds. The van der Waals surface area contributed by atoms with E-state index >= 15 is 0 Å². The zero-order chi connectivity index (χ0) is 10.1. The quantitative estimate of drug-likeness (QED) is 0.674. The Morgan fingerprint density at radius 2 is 2.21 bits per heavy atom.